The number of hydrogen-bond donors (Lipinski definition) is 1. The summed E-state index contributed by atoms with van der Waals surface area (Å²) in [5, 5.41) is 11.6. The molecule has 21 heavy (non-hydrogen) atoms. The number of rotatable bonds is 3. The Bertz CT molecular complexity index is 693. The highest BCUT2D eigenvalue weighted by Gasteiger charge is 2.33. The van der Waals surface area contributed by atoms with E-state index in [2.05, 4.69) is 26.2 Å². The molecule has 0 aliphatic carbocycles. The Morgan fingerprint density at radius 2 is 2.05 bits per heavy atom. The third-order valence-corrected chi connectivity index (χ3v) is 3.25. The standard InChI is InChI=1S/C14H9BrF3N3/c15-10-3-4-12(11(6-10)14(16,17)18)21-8-9-2-1-5-20-13(9)7-19/h1-6,21H,8H2. The van der Waals surface area contributed by atoms with Crippen molar-refractivity contribution in [3.8, 4) is 6.07 Å². The summed E-state index contributed by atoms with van der Waals surface area (Å²) in [6.07, 6.45) is -3.00. The van der Waals surface area contributed by atoms with Crippen LogP contribution in [0.5, 0.6) is 0 Å². The average Bonchev–Trinajstić information content (AvgIpc) is 2.45. The molecule has 3 nitrogen and oxygen atoms in total. The van der Waals surface area contributed by atoms with Gasteiger partial charge in [-0.25, -0.2) is 4.98 Å². The Morgan fingerprint density at radius 1 is 1.29 bits per heavy atom. The van der Waals surface area contributed by atoms with E-state index in [1.165, 1.54) is 18.3 Å². The fourth-order valence-electron chi connectivity index (χ4n) is 1.78. The van der Waals surface area contributed by atoms with Gasteiger partial charge in [0.2, 0.25) is 0 Å². The predicted octanol–water partition coefficient (Wildman–Crippen LogP) is 4.35. The molecular weight excluding hydrogens is 347 g/mol. The second kappa shape index (κ2) is 6.14. The molecule has 0 saturated heterocycles. The highest BCUT2D eigenvalue weighted by atomic mass is 79.9. The fourth-order valence-corrected chi connectivity index (χ4v) is 2.14. The molecule has 1 aromatic heterocycles. The molecule has 0 aliphatic heterocycles. The lowest BCUT2D eigenvalue weighted by molar-refractivity contribution is -0.137. The van der Waals surface area contributed by atoms with E-state index in [-0.39, 0.29) is 17.9 Å². The zero-order valence-corrected chi connectivity index (χ0v) is 12.2. The number of hydrogen-bond acceptors (Lipinski definition) is 3. The van der Waals surface area contributed by atoms with Crippen LogP contribution < -0.4 is 5.32 Å². The van der Waals surface area contributed by atoms with Crippen molar-refractivity contribution in [2.45, 2.75) is 12.7 Å². The number of anilines is 1. The van der Waals surface area contributed by atoms with Crippen molar-refractivity contribution in [1.82, 2.24) is 4.98 Å². The number of benzene rings is 1. The van der Waals surface area contributed by atoms with Crippen LogP contribution in [0.1, 0.15) is 16.8 Å². The zero-order chi connectivity index (χ0) is 15.5. The lowest BCUT2D eigenvalue weighted by Gasteiger charge is -2.15. The van der Waals surface area contributed by atoms with Gasteiger partial charge in [0, 0.05) is 28.5 Å². The molecule has 108 valence electrons. The smallest absolute Gasteiger partial charge is 0.380 e. The molecule has 1 N–H and O–H groups in total. The van der Waals surface area contributed by atoms with E-state index in [0.717, 1.165) is 6.07 Å². The molecule has 0 spiro atoms. The number of alkyl halides is 3. The fraction of sp³-hybridized carbons (Fsp3) is 0.143. The van der Waals surface area contributed by atoms with Gasteiger partial charge >= 0.3 is 6.18 Å². The van der Waals surface area contributed by atoms with Crippen LogP contribution in [-0.4, -0.2) is 4.98 Å². The van der Waals surface area contributed by atoms with Crippen LogP contribution in [0, 0.1) is 11.3 Å². The molecule has 7 heteroatoms. The van der Waals surface area contributed by atoms with Crippen molar-refractivity contribution in [1.29, 1.82) is 5.26 Å². The van der Waals surface area contributed by atoms with E-state index in [1.54, 1.807) is 12.1 Å². The van der Waals surface area contributed by atoms with Crippen LogP contribution in [0.15, 0.2) is 41.0 Å². The van der Waals surface area contributed by atoms with Crippen LogP contribution in [0.4, 0.5) is 18.9 Å². The molecule has 1 heterocycles. The van der Waals surface area contributed by atoms with E-state index in [4.69, 9.17) is 5.26 Å². The van der Waals surface area contributed by atoms with Crippen LogP contribution in [0.25, 0.3) is 0 Å². The second-order valence-electron chi connectivity index (χ2n) is 4.16. The Balaban J connectivity index is 2.27. The summed E-state index contributed by atoms with van der Waals surface area (Å²) in [7, 11) is 0. The predicted molar refractivity (Wildman–Crippen MR) is 75.4 cm³/mol. The number of nitrogens with one attached hydrogen (secondary N) is 1. The van der Waals surface area contributed by atoms with E-state index in [9.17, 15) is 13.2 Å². The number of pyridine rings is 1. The largest absolute Gasteiger partial charge is 0.418 e. The molecule has 0 unspecified atom stereocenters. The van der Waals surface area contributed by atoms with Gasteiger partial charge in [0.1, 0.15) is 11.8 Å². The van der Waals surface area contributed by atoms with Crippen LogP contribution in [0.2, 0.25) is 0 Å². The molecule has 0 amide bonds. The third-order valence-electron chi connectivity index (χ3n) is 2.75. The van der Waals surface area contributed by atoms with Crippen molar-refractivity contribution < 1.29 is 13.2 Å². The number of aromatic nitrogens is 1. The third kappa shape index (κ3) is 3.73. The molecule has 2 aromatic rings. The van der Waals surface area contributed by atoms with Gasteiger partial charge in [0.15, 0.2) is 0 Å². The summed E-state index contributed by atoms with van der Waals surface area (Å²) >= 11 is 3.03. The first-order valence-electron chi connectivity index (χ1n) is 5.86. The first kappa shape index (κ1) is 15.3. The van der Waals surface area contributed by atoms with Crippen molar-refractivity contribution in [2.75, 3.05) is 5.32 Å². The number of nitrogens with zero attached hydrogens (tertiary/aromatic N) is 2. The van der Waals surface area contributed by atoms with Gasteiger partial charge in [-0.2, -0.15) is 18.4 Å². The maximum atomic E-state index is 13.0. The Hall–Kier alpha value is -2.07. The monoisotopic (exact) mass is 355 g/mol. The molecule has 0 bridgehead atoms. The topological polar surface area (TPSA) is 48.7 Å². The van der Waals surface area contributed by atoms with E-state index >= 15 is 0 Å². The van der Waals surface area contributed by atoms with Crippen molar-refractivity contribution in [3.63, 3.8) is 0 Å². The van der Waals surface area contributed by atoms with E-state index < -0.39 is 11.7 Å². The maximum absolute atomic E-state index is 13.0. The molecular formula is C14H9BrF3N3. The van der Waals surface area contributed by atoms with Gasteiger partial charge in [-0.05, 0) is 24.3 Å². The van der Waals surface area contributed by atoms with Gasteiger partial charge < -0.3 is 5.32 Å². The molecule has 0 radical (unpaired) electrons. The van der Waals surface area contributed by atoms with Gasteiger partial charge in [-0.3, -0.25) is 0 Å². The van der Waals surface area contributed by atoms with Crippen LogP contribution in [0.3, 0.4) is 0 Å². The van der Waals surface area contributed by atoms with E-state index in [1.807, 2.05) is 6.07 Å². The number of nitriles is 1. The molecule has 0 aliphatic rings. The zero-order valence-electron chi connectivity index (χ0n) is 10.6. The summed E-state index contributed by atoms with van der Waals surface area (Å²) in [6, 6.07) is 9.05. The molecule has 1 aromatic carbocycles. The summed E-state index contributed by atoms with van der Waals surface area (Å²) in [6.45, 7) is 0.0848. The molecule has 0 fully saturated rings. The molecule has 0 saturated carbocycles. The lowest BCUT2D eigenvalue weighted by Crippen LogP contribution is -2.11. The highest BCUT2D eigenvalue weighted by Crippen LogP contribution is 2.36. The maximum Gasteiger partial charge on any atom is 0.418 e. The second-order valence-corrected chi connectivity index (χ2v) is 5.08. The van der Waals surface area contributed by atoms with Crippen LogP contribution in [-0.2, 0) is 12.7 Å². The summed E-state index contributed by atoms with van der Waals surface area (Å²) < 4.78 is 39.3. The van der Waals surface area contributed by atoms with Gasteiger partial charge in [-0.15, -0.1) is 0 Å². The summed E-state index contributed by atoms with van der Waals surface area (Å²) in [5.41, 5.74) is -0.0792. The minimum absolute atomic E-state index is 0.0431. The van der Waals surface area contributed by atoms with Crippen molar-refractivity contribution in [3.05, 3.63) is 57.8 Å². The van der Waals surface area contributed by atoms with Gasteiger partial charge in [-0.1, -0.05) is 22.0 Å². The highest BCUT2D eigenvalue weighted by molar-refractivity contribution is 9.10. The van der Waals surface area contributed by atoms with Crippen molar-refractivity contribution >= 4 is 21.6 Å². The summed E-state index contributed by atoms with van der Waals surface area (Å²) in [4.78, 5) is 3.86. The van der Waals surface area contributed by atoms with Crippen molar-refractivity contribution in [2.24, 2.45) is 0 Å². The average molecular weight is 356 g/mol. The SMILES string of the molecule is N#Cc1ncccc1CNc1ccc(Br)cc1C(F)(F)F. The minimum atomic E-state index is -4.46. The first-order valence-corrected chi connectivity index (χ1v) is 6.65. The number of halogens is 4. The first-order chi connectivity index (χ1) is 9.91. The minimum Gasteiger partial charge on any atom is -0.380 e. The van der Waals surface area contributed by atoms with Gasteiger partial charge in [0.25, 0.3) is 0 Å². The Kier molecular flexibility index (Phi) is 4.48. The normalized spacial score (nSPS) is 11.0. The summed E-state index contributed by atoms with van der Waals surface area (Å²) in [5.74, 6) is 0. The van der Waals surface area contributed by atoms with E-state index in [0.29, 0.717) is 10.0 Å². The lowest BCUT2D eigenvalue weighted by atomic mass is 10.1. The quantitative estimate of drug-likeness (QED) is 0.890. The van der Waals surface area contributed by atoms with Gasteiger partial charge in [0.05, 0.1) is 5.56 Å². The molecule has 0 atom stereocenters. The van der Waals surface area contributed by atoms with Crippen LogP contribution >= 0.6 is 15.9 Å². The Labute approximate surface area is 127 Å². The molecule has 2 rings (SSSR count). The Morgan fingerprint density at radius 3 is 2.71 bits per heavy atom.